The third-order valence-corrected chi connectivity index (χ3v) is 4.95. The molecule has 10 heteroatoms. The average molecular weight is 454 g/mol. The molecule has 1 N–H and O–H groups in total. The first-order valence-corrected chi connectivity index (χ1v) is 9.37. The lowest BCUT2D eigenvalue weighted by Gasteiger charge is -2.06. The second kappa shape index (κ2) is 8.40. The molecular formula is C17H13BrFN3O4S. The molecule has 7 nitrogen and oxygen atoms in total. The van der Waals surface area contributed by atoms with Gasteiger partial charge < -0.3 is 19.7 Å². The largest absolute Gasteiger partial charge is 0.538 e. The van der Waals surface area contributed by atoms with Crippen LogP contribution >= 0.6 is 27.7 Å². The fourth-order valence-corrected chi connectivity index (χ4v) is 3.25. The highest BCUT2D eigenvalue weighted by atomic mass is 79.9. The molecular weight excluding hydrogens is 441 g/mol. The standard InChI is InChI=1S/C17H13BrFN3O4S/c1-25-12-5-3-11(4-6-12)22-16(17(24)26-21-22)27-9-15(23)20-14-7-2-10(18)8-13(14)19/h2-8H,9H2,1H3,(H-,20,21,23,24). The summed E-state index contributed by atoms with van der Waals surface area (Å²) in [6.07, 6.45) is 0. The van der Waals surface area contributed by atoms with Crippen LogP contribution in [0.4, 0.5) is 10.1 Å². The molecule has 0 saturated heterocycles. The number of aromatic nitrogens is 2. The third-order valence-electron chi connectivity index (χ3n) is 3.43. The van der Waals surface area contributed by atoms with E-state index in [1.807, 2.05) is 0 Å². The summed E-state index contributed by atoms with van der Waals surface area (Å²) in [5.74, 6) is -1.18. The van der Waals surface area contributed by atoms with Crippen molar-refractivity contribution in [2.45, 2.75) is 5.03 Å². The summed E-state index contributed by atoms with van der Waals surface area (Å²) in [5, 5.41) is 18.2. The van der Waals surface area contributed by atoms with Crippen LogP contribution in [-0.2, 0) is 4.79 Å². The molecule has 0 spiro atoms. The maximum Gasteiger partial charge on any atom is 0.298 e. The van der Waals surface area contributed by atoms with Gasteiger partial charge in [0.05, 0.1) is 23.8 Å². The summed E-state index contributed by atoms with van der Waals surface area (Å²) in [4.78, 5) is 12.1. The summed E-state index contributed by atoms with van der Waals surface area (Å²) >= 11 is 4.09. The molecule has 3 aromatic rings. The van der Waals surface area contributed by atoms with Crippen molar-refractivity contribution < 1.29 is 28.2 Å². The molecule has 0 fully saturated rings. The number of carbonyl (C=O) groups is 1. The molecule has 27 heavy (non-hydrogen) atoms. The second-order valence-electron chi connectivity index (χ2n) is 5.24. The quantitative estimate of drug-likeness (QED) is 0.455. The van der Waals surface area contributed by atoms with Crippen molar-refractivity contribution >= 4 is 39.3 Å². The third kappa shape index (κ3) is 4.58. The number of anilines is 1. The number of nitrogens with zero attached hydrogens (tertiary/aromatic N) is 2. The second-order valence-corrected chi connectivity index (χ2v) is 7.12. The van der Waals surface area contributed by atoms with E-state index in [1.54, 1.807) is 37.4 Å². The first kappa shape index (κ1) is 19.2. The van der Waals surface area contributed by atoms with Crippen molar-refractivity contribution in [2.75, 3.05) is 18.2 Å². The number of carbonyl (C=O) groups excluding carboxylic acids is 1. The first-order chi connectivity index (χ1) is 13.0. The molecule has 0 atom stereocenters. The molecule has 0 radical (unpaired) electrons. The van der Waals surface area contributed by atoms with E-state index in [1.165, 1.54) is 16.8 Å². The highest BCUT2D eigenvalue weighted by Crippen LogP contribution is 2.25. The summed E-state index contributed by atoms with van der Waals surface area (Å²) in [5.41, 5.74) is 0.628. The normalized spacial score (nSPS) is 10.6. The van der Waals surface area contributed by atoms with Gasteiger partial charge in [0, 0.05) is 16.6 Å². The minimum absolute atomic E-state index is 0.0551. The monoisotopic (exact) mass is 453 g/mol. The number of benzene rings is 2. The van der Waals surface area contributed by atoms with E-state index in [-0.39, 0.29) is 16.5 Å². The van der Waals surface area contributed by atoms with Gasteiger partial charge in [-0.25, -0.2) is 4.39 Å². The molecule has 140 valence electrons. The number of thioether (sulfide) groups is 1. The van der Waals surface area contributed by atoms with Crippen LogP contribution in [0.5, 0.6) is 11.7 Å². The SMILES string of the molecule is COc1ccc(-[n+]2noc([O-])c2SCC(=O)Nc2ccc(Br)cc2F)cc1. The number of ether oxygens (including phenoxy) is 1. The van der Waals surface area contributed by atoms with Gasteiger partial charge >= 0.3 is 0 Å². The molecule has 0 bridgehead atoms. The molecule has 2 aromatic carbocycles. The minimum Gasteiger partial charge on any atom is -0.538 e. The van der Waals surface area contributed by atoms with Gasteiger partial charge in [-0.1, -0.05) is 15.9 Å². The number of amides is 1. The van der Waals surface area contributed by atoms with Crippen LogP contribution in [0.3, 0.4) is 0 Å². The highest BCUT2D eigenvalue weighted by Gasteiger charge is 2.22. The minimum atomic E-state index is -0.668. The van der Waals surface area contributed by atoms with Crippen molar-refractivity contribution in [2.24, 2.45) is 0 Å². The number of hydrogen-bond donors (Lipinski definition) is 1. The number of hydrogen-bond acceptors (Lipinski definition) is 6. The zero-order chi connectivity index (χ0) is 19.4. The Balaban J connectivity index is 1.70. The first-order valence-electron chi connectivity index (χ1n) is 7.59. The lowest BCUT2D eigenvalue weighted by Crippen LogP contribution is -2.35. The average Bonchev–Trinajstić information content (AvgIpc) is 3.03. The van der Waals surface area contributed by atoms with E-state index in [0.29, 0.717) is 15.9 Å². The van der Waals surface area contributed by atoms with E-state index in [9.17, 15) is 14.3 Å². The van der Waals surface area contributed by atoms with Crippen molar-refractivity contribution in [3.8, 4) is 17.4 Å². The number of nitrogens with one attached hydrogen (secondary N) is 1. The van der Waals surface area contributed by atoms with Gasteiger partial charge in [0.15, 0.2) is 5.95 Å². The Morgan fingerprint density at radius 3 is 2.78 bits per heavy atom. The van der Waals surface area contributed by atoms with E-state index >= 15 is 0 Å². The van der Waals surface area contributed by atoms with E-state index < -0.39 is 17.7 Å². The topological polar surface area (TPSA) is 91.3 Å². The van der Waals surface area contributed by atoms with Crippen LogP contribution in [-0.4, -0.2) is 24.0 Å². The Bertz CT molecular complexity index is 965. The molecule has 0 saturated carbocycles. The van der Waals surface area contributed by atoms with Crippen molar-refractivity contribution in [3.05, 3.63) is 52.8 Å². The van der Waals surface area contributed by atoms with Gasteiger partial charge in [0.25, 0.3) is 5.03 Å². The van der Waals surface area contributed by atoms with Crippen LogP contribution in [0, 0.1) is 5.82 Å². The highest BCUT2D eigenvalue weighted by molar-refractivity contribution is 9.10. The van der Waals surface area contributed by atoms with Gasteiger partial charge in [-0.15, -0.1) is 0 Å². The molecule has 1 amide bonds. The maximum atomic E-state index is 13.8. The van der Waals surface area contributed by atoms with E-state index in [4.69, 9.17) is 9.26 Å². The van der Waals surface area contributed by atoms with Crippen molar-refractivity contribution in [3.63, 3.8) is 0 Å². The Hall–Kier alpha value is -2.59. The number of rotatable bonds is 6. The van der Waals surface area contributed by atoms with Crippen LogP contribution in [0.1, 0.15) is 0 Å². The Morgan fingerprint density at radius 1 is 1.37 bits per heavy atom. The summed E-state index contributed by atoms with van der Waals surface area (Å²) < 4.78 is 25.4. The fraction of sp³-hybridized carbons (Fsp3) is 0.118. The molecule has 0 unspecified atom stereocenters. The van der Waals surface area contributed by atoms with Crippen LogP contribution in [0.15, 0.2) is 56.5 Å². The lowest BCUT2D eigenvalue weighted by molar-refractivity contribution is -0.705. The van der Waals surface area contributed by atoms with Crippen LogP contribution in [0.2, 0.25) is 0 Å². The Labute approximate surface area is 166 Å². The molecule has 0 aliphatic rings. The molecule has 1 heterocycles. The molecule has 3 rings (SSSR count). The molecule has 0 aliphatic heterocycles. The predicted molar refractivity (Wildman–Crippen MR) is 97.5 cm³/mol. The number of methoxy groups -OCH3 is 1. The van der Waals surface area contributed by atoms with E-state index in [0.717, 1.165) is 11.8 Å². The van der Waals surface area contributed by atoms with Gasteiger partial charge in [-0.2, -0.15) is 0 Å². The van der Waals surface area contributed by atoms with Gasteiger partial charge in [-0.05, 0) is 46.8 Å². The Kier molecular flexibility index (Phi) is 5.97. The summed E-state index contributed by atoms with van der Waals surface area (Å²) in [6, 6.07) is 11.1. The maximum absolute atomic E-state index is 13.8. The van der Waals surface area contributed by atoms with Crippen LogP contribution in [0.25, 0.3) is 5.69 Å². The number of halogens is 2. The summed E-state index contributed by atoms with van der Waals surface area (Å²) in [7, 11) is 1.54. The zero-order valence-electron chi connectivity index (χ0n) is 13.9. The lowest BCUT2D eigenvalue weighted by atomic mass is 10.3. The van der Waals surface area contributed by atoms with Crippen molar-refractivity contribution in [1.29, 1.82) is 0 Å². The zero-order valence-corrected chi connectivity index (χ0v) is 16.3. The molecule has 0 aliphatic carbocycles. The van der Waals surface area contributed by atoms with Gasteiger partial charge in [-0.3, -0.25) is 4.79 Å². The van der Waals surface area contributed by atoms with Gasteiger partial charge in [0.2, 0.25) is 11.6 Å². The van der Waals surface area contributed by atoms with Gasteiger partial charge in [0.1, 0.15) is 11.6 Å². The smallest absolute Gasteiger partial charge is 0.298 e. The van der Waals surface area contributed by atoms with E-state index in [2.05, 4.69) is 26.5 Å². The Morgan fingerprint density at radius 2 is 2.11 bits per heavy atom. The van der Waals surface area contributed by atoms with Crippen molar-refractivity contribution in [1.82, 2.24) is 5.27 Å². The predicted octanol–water partition coefficient (Wildman–Crippen LogP) is 2.67. The summed E-state index contributed by atoms with van der Waals surface area (Å²) in [6.45, 7) is 0. The van der Waals surface area contributed by atoms with Crippen LogP contribution < -0.4 is 19.8 Å². The fourth-order valence-electron chi connectivity index (χ4n) is 2.16. The molecule has 1 aromatic heterocycles.